The van der Waals surface area contributed by atoms with Crippen molar-refractivity contribution in [2.45, 2.75) is 25.4 Å². The van der Waals surface area contributed by atoms with E-state index in [-0.39, 0.29) is 18.9 Å². The molecule has 1 rings (SSSR count). The normalized spacial score (nSPS) is 11.4. The van der Waals surface area contributed by atoms with Gasteiger partial charge in [0.25, 0.3) is 0 Å². The zero-order valence-corrected chi connectivity index (χ0v) is 11.5. The number of anilines is 1. The van der Waals surface area contributed by atoms with E-state index in [1.54, 1.807) is 24.3 Å². The third-order valence-corrected chi connectivity index (χ3v) is 2.83. The molecule has 3 nitrogen and oxygen atoms in total. The number of hydrogen-bond acceptors (Lipinski definition) is 2. The Kier molecular flexibility index (Phi) is 6.81. The molecule has 0 unspecified atom stereocenters. The predicted molar refractivity (Wildman–Crippen MR) is 72.9 cm³/mol. The van der Waals surface area contributed by atoms with Gasteiger partial charge >= 0.3 is 6.18 Å². The Hall–Kier alpha value is -1.27. The highest BCUT2D eigenvalue weighted by Gasteiger charge is 2.25. The highest BCUT2D eigenvalue weighted by molar-refractivity contribution is 6.33. The second-order valence-corrected chi connectivity index (χ2v) is 4.68. The van der Waals surface area contributed by atoms with Gasteiger partial charge in [-0.25, -0.2) is 0 Å². The van der Waals surface area contributed by atoms with Gasteiger partial charge in [-0.3, -0.25) is 4.79 Å². The Morgan fingerprint density at radius 3 is 2.55 bits per heavy atom. The van der Waals surface area contributed by atoms with Crippen molar-refractivity contribution < 1.29 is 18.0 Å². The highest BCUT2D eigenvalue weighted by atomic mass is 35.5. The molecule has 0 spiro atoms. The molecule has 1 amide bonds. The van der Waals surface area contributed by atoms with Crippen LogP contribution in [0.5, 0.6) is 0 Å². The van der Waals surface area contributed by atoms with Crippen molar-refractivity contribution in [3.8, 4) is 0 Å². The van der Waals surface area contributed by atoms with E-state index >= 15 is 0 Å². The number of carbonyl (C=O) groups is 1. The van der Waals surface area contributed by atoms with Gasteiger partial charge in [0, 0.05) is 6.42 Å². The van der Waals surface area contributed by atoms with Crippen LogP contribution in [0.15, 0.2) is 24.3 Å². The zero-order chi connectivity index (χ0) is 15.0. The van der Waals surface area contributed by atoms with E-state index in [4.69, 9.17) is 11.6 Å². The molecule has 0 radical (unpaired) electrons. The fourth-order valence-electron chi connectivity index (χ4n) is 1.53. The second-order valence-electron chi connectivity index (χ2n) is 4.28. The van der Waals surface area contributed by atoms with Crippen molar-refractivity contribution in [1.29, 1.82) is 0 Å². The molecule has 0 aliphatic rings. The molecule has 0 saturated carbocycles. The Bertz CT molecular complexity index is 438. The molecule has 1 aromatic carbocycles. The number of amides is 1. The Morgan fingerprint density at radius 2 is 1.90 bits per heavy atom. The van der Waals surface area contributed by atoms with E-state index < -0.39 is 12.6 Å². The van der Waals surface area contributed by atoms with Crippen molar-refractivity contribution in [2.75, 3.05) is 18.4 Å². The summed E-state index contributed by atoms with van der Waals surface area (Å²) in [4.78, 5) is 11.5. The third kappa shape index (κ3) is 7.35. The van der Waals surface area contributed by atoms with Crippen molar-refractivity contribution in [1.82, 2.24) is 5.32 Å². The van der Waals surface area contributed by atoms with E-state index in [9.17, 15) is 18.0 Å². The van der Waals surface area contributed by atoms with Gasteiger partial charge in [-0.15, -0.1) is 0 Å². The Morgan fingerprint density at radius 1 is 1.20 bits per heavy atom. The summed E-state index contributed by atoms with van der Waals surface area (Å²) < 4.78 is 35.6. The maximum absolute atomic E-state index is 11.9. The van der Waals surface area contributed by atoms with Gasteiger partial charge in [0.05, 0.1) is 17.3 Å². The van der Waals surface area contributed by atoms with Crippen molar-refractivity contribution >= 4 is 23.2 Å². The summed E-state index contributed by atoms with van der Waals surface area (Å²) in [5, 5.41) is 5.84. The minimum Gasteiger partial charge on any atom is -0.324 e. The molecule has 112 valence electrons. The van der Waals surface area contributed by atoms with Crippen LogP contribution in [0.2, 0.25) is 5.02 Å². The van der Waals surface area contributed by atoms with Crippen LogP contribution in [0, 0.1) is 0 Å². The number of para-hydroxylation sites is 1. The van der Waals surface area contributed by atoms with Gasteiger partial charge < -0.3 is 10.6 Å². The number of unbranched alkanes of at least 4 members (excludes halogenated alkanes) is 1. The van der Waals surface area contributed by atoms with Gasteiger partial charge in [0.1, 0.15) is 0 Å². The lowest BCUT2D eigenvalue weighted by Gasteiger charge is -2.08. The molecule has 0 fully saturated rings. The maximum atomic E-state index is 11.9. The largest absolute Gasteiger partial charge is 0.389 e. The SMILES string of the molecule is O=C(CNCCCCC(F)(F)F)Nc1ccccc1Cl. The lowest BCUT2D eigenvalue weighted by Crippen LogP contribution is -2.29. The van der Waals surface area contributed by atoms with Crippen LogP contribution in [0.1, 0.15) is 19.3 Å². The average molecular weight is 309 g/mol. The van der Waals surface area contributed by atoms with Gasteiger partial charge in [-0.1, -0.05) is 23.7 Å². The van der Waals surface area contributed by atoms with E-state index in [0.29, 0.717) is 23.7 Å². The summed E-state index contributed by atoms with van der Waals surface area (Å²) >= 11 is 5.87. The van der Waals surface area contributed by atoms with Crippen LogP contribution in [0.25, 0.3) is 0 Å². The smallest absolute Gasteiger partial charge is 0.324 e. The minimum absolute atomic E-state index is 0.0389. The summed E-state index contributed by atoms with van der Waals surface area (Å²) in [6.45, 7) is 0.406. The molecule has 0 heterocycles. The lowest BCUT2D eigenvalue weighted by molar-refractivity contribution is -0.135. The highest BCUT2D eigenvalue weighted by Crippen LogP contribution is 2.22. The van der Waals surface area contributed by atoms with Crippen molar-refractivity contribution in [3.05, 3.63) is 29.3 Å². The predicted octanol–water partition coefficient (Wildman–Crippen LogP) is 3.60. The third-order valence-electron chi connectivity index (χ3n) is 2.50. The van der Waals surface area contributed by atoms with Crippen LogP contribution in [0.3, 0.4) is 0 Å². The molecule has 20 heavy (non-hydrogen) atoms. The van der Waals surface area contributed by atoms with E-state index in [0.717, 1.165) is 0 Å². The van der Waals surface area contributed by atoms with Gasteiger partial charge in [0.15, 0.2) is 0 Å². The minimum atomic E-state index is -4.11. The first kappa shape index (κ1) is 16.8. The van der Waals surface area contributed by atoms with E-state index in [1.165, 1.54) is 0 Å². The Labute approximate surface area is 120 Å². The molecule has 0 saturated heterocycles. The van der Waals surface area contributed by atoms with Crippen molar-refractivity contribution in [3.63, 3.8) is 0 Å². The molecule has 0 aliphatic heterocycles. The summed E-state index contributed by atoms with van der Waals surface area (Å²) in [6, 6.07) is 6.81. The van der Waals surface area contributed by atoms with Gasteiger partial charge in [0.2, 0.25) is 5.91 Å². The fourth-order valence-corrected chi connectivity index (χ4v) is 1.72. The lowest BCUT2D eigenvalue weighted by atomic mass is 10.2. The summed E-state index contributed by atoms with van der Waals surface area (Å²) in [5.41, 5.74) is 0.512. The van der Waals surface area contributed by atoms with Crippen LogP contribution in [-0.4, -0.2) is 25.2 Å². The van der Waals surface area contributed by atoms with Crippen molar-refractivity contribution in [2.24, 2.45) is 0 Å². The average Bonchev–Trinajstić information content (AvgIpc) is 2.35. The molecule has 2 N–H and O–H groups in total. The molecule has 0 bridgehead atoms. The quantitative estimate of drug-likeness (QED) is 0.756. The summed E-state index contributed by atoms with van der Waals surface area (Å²) in [5.74, 6) is -0.283. The number of nitrogens with one attached hydrogen (secondary N) is 2. The van der Waals surface area contributed by atoms with E-state index in [1.807, 2.05) is 0 Å². The monoisotopic (exact) mass is 308 g/mol. The van der Waals surface area contributed by atoms with Crippen LogP contribution >= 0.6 is 11.6 Å². The molecule has 7 heteroatoms. The first-order valence-electron chi connectivity index (χ1n) is 6.20. The number of rotatable bonds is 7. The maximum Gasteiger partial charge on any atom is 0.389 e. The number of alkyl halides is 3. The zero-order valence-electron chi connectivity index (χ0n) is 10.8. The standard InChI is InChI=1S/C13H16ClF3N2O/c14-10-5-1-2-6-11(10)19-12(20)9-18-8-4-3-7-13(15,16)17/h1-2,5-6,18H,3-4,7-9H2,(H,19,20). The number of hydrogen-bond donors (Lipinski definition) is 2. The van der Waals surface area contributed by atoms with Crippen LogP contribution in [0.4, 0.5) is 18.9 Å². The number of benzene rings is 1. The summed E-state index contributed by atoms with van der Waals surface area (Å²) in [6.07, 6.45) is -4.47. The first-order chi connectivity index (χ1) is 9.38. The molecule has 0 atom stereocenters. The molecular weight excluding hydrogens is 293 g/mol. The first-order valence-corrected chi connectivity index (χ1v) is 6.58. The van der Waals surface area contributed by atoms with Crippen LogP contribution < -0.4 is 10.6 Å². The molecular formula is C13H16ClF3N2O. The topological polar surface area (TPSA) is 41.1 Å². The second kappa shape index (κ2) is 8.11. The van der Waals surface area contributed by atoms with Crippen LogP contribution in [-0.2, 0) is 4.79 Å². The fraction of sp³-hybridized carbons (Fsp3) is 0.462. The number of carbonyl (C=O) groups excluding carboxylic acids is 1. The molecule has 0 aromatic heterocycles. The van der Waals surface area contributed by atoms with E-state index in [2.05, 4.69) is 10.6 Å². The van der Waals surface area contributed by atoms with Gasteiger partial charge in [-0.2, -0.15) is 13.2 Å². The van der Waals surface area contributed by atoms with Gasteiger partial charge in [-0.05, 0) is 31.5 Å². The molecule has 0 aliphatic carbocycles. The molecule has 1 aromatic rings. The Balaban J connectivity index is 2.14. The number of halogens is 4. The summed E-state index contributed by atoms with van der Waals surface area (Å²) in [7, 11) is 0.